The number of phenolic OH excluding ortho intramolecular Hbond substituents is 1. The maximum Gasteiger partial charge on any atom is 0.230 e. The van der Waals surface area contributed by atoms with Gasteiger partial charge in [0, 0.05) is 5.69 Å². The van der Waals surface area contributed by atoms with Crippen molar-refractivity contribution in [3.05, 3.63) is 23.8 Å². The second-order valence-corrected chi connectivity index (χ2v) is 5.73. The van der Waals surface area contributed by atoms with Crippen LogP contribution in [0.5, 0.6) is 5.75 Å². The summed E-state index contributed by atoms with van der Waals surface area (Å²) in [6.07, 6.45) is 3.73. The van der Waals surface area contributed by atoms with Crippen LogP contribution in [-0.2, 0) is 4.79 Å². The Morgan fingerprint density at radius 2 is 2.10 bits per heavy atom. The molecule has 20 heavy (non-hydrogen) atoms. The number of phenols is 1. The first kappa shape index (κ1) is 14.9. The fourth-order valence-electron chi connectivity index (χ4n) is 3.02. The number of nitrogens with one attached hydrogen (secondary N) is 2. The Labute approximate surface area is 120 Å². The van der Waals surface area contributed by atoms with Crippen LogP contribution in [0.4, 0.5) is 5.69 Å². The van der Waals surface area contributed by atoms with E-state index >= 15 is 0 Å². The van der Waals surface area contributed by atoms with Gasteiger partial charge >= 0.3 is 0 Å². The Balaban J connectivity index is 2.15. The molecule has 0 bridgehead atoms. The molecule has 0 saturated carbocycles. The van der Waals surface area contributed by atoms with Crippen molar-refractivity contribution < 1.29 is 9.90 Å². The Morgan fingerprint density at radius 3 is 2.70 bits per heavy atom. The zero-order valence-corrected chi connectivity index (χ0v) is 12.3. The van der Waals surface area contributed by atoms with Crippen LogP contribution < -0.4 is 10.6 Å². The average molecular weight is 276 g/mol. The molecule has 1 heterocycles. The summed E-state index contributed by atoms with van der Waals surface area (Å²) >= 11 is 0. The van der Waals surface area contributed by atoms with Crippen molar-refractivity contribution in [2.24, 2.45) is 5.41 Å². The molecule has 0 aliphatic carbocycles. The Bertz CT molecular complexity index is 474. The molecule has 2 rings (SSSR count). The first-order valence-corrected chi connectivity index (χ1v) is 7.39. The van der Waals surface area contributed by atoms with Gasteiger partial charge in [-0.25, -0.2) is 0 Å². The van der Waals surface area contributed by atoms with E-state index in [9.17, 15) is 9.90 Å². The lowest BCUT2D eigenvalue weighted by molar-refractivity contribution is -0.127. The van der Waals surface area contributed by atoms with Gasteiger partial charge in [-0.2, -0.15) is 0 Å². The van der Waals surface area contributed by atoms with Gasteiger partial charge in [-0.15, -0.1) is 0 Å². The number of rotatable bonds is 4. The second kappa shape index (κ2) is 6.27. The third-order valence-electron chi connectivity index (χ3n) is 4.23. The highest BCUT2D eigenvalue weighted by Crippen LogP contribution is 2.35. The number of carbonyl (C=O) groups is 1. The maximum absolute atomic E-state index is 12.7. The summed E-state index contributed by atoms with van der Waals surface area (Å²) in [6, 6.07) is 5.05. The smallest absolute Gasteiger partial charge is 0.230 e. The molecular weight excluding hydrogens is 252 g/mol. The Hall–Kier alpha value is -1.55. The van der Waals surface area contributed by atoms with Gasteiger partial charge in [0.15, 0.2) is 0 Å². The lowest BCUT2D eigenvalue weighted by atomic mass is 9.74. The van der Waals surface area contributed by atoms with E-state index in [1.54, 1.807) is 18.2 Å². The molecule has 0 atom stereocenters. The summed E-state index contributed by atoms with van der Waals surface area (Å²) in [5, 5.41) is 15.8. The van der Waals surface area contributed by atoms with Crippen LogP contribution in [-0.4, -0.2) is 24.1 Å². The second-order valence-electron chi connectivity index (χ2n) is 5.73. The third kappa shape index (κ3) is 3.12. The van der Waals surface area contributed by atoms with E-state index in [-0.39, 0.29) is 17.1 Å². The van der Waals surface area contributed by atoms with E-state index in [1.807, 2.05) is 6.92 Å². The van der Waals surface area contributed by atoms with Gasteiger partial charge in [0.1, 0.15) is 5.75 Å². The lowest BCUT2D eigenvalue weighted by Crippen LogP contribution is -2.44. The van der Waals surface area contributed by atoms with Gasteiger partial charge < -0.3 is 15.7 Å². The number of hydrogen-bond donors (Lipinski definition) is 3. The average Bonchev–Trinajstić information content (AvgIpc) is 2.43. The lowest BCUT2D eigenvalue weighted by Gasteiger charge is -2.36. The van der Waals surface area contributed by atoms with Crippen molar-refractivity contribution in [3.63, 3.8) is 0 Å². The van der Waals surface area contributed by atoms with E-state index in [2.05, 4.69) is 17.6 Å². The van der Waals surface area contributed by atoms with E-state index in [4.69, 9.17) is 0 Å². The molecule has 1 saturated heterocycles. The van der Waals surface area contributed by atoms with Crippen LogP contribution in [0.2, 0.25) is 0 Å². The molecular formula is C16H24N2O2. The number of piperidine rings is 1. The summed E-state index contributed by atoms with van der Waals surface area (Å²) in [6.45, 7) is 5.83. The van der Waals surface area contributed by atoms with Crippen LogP contribution in [0.1, 0.15) is 38.2 Å². The van der Waals surface area contributed by atoms with E-state index < -0.39 is 0 Å². The minimum Gasteiger partial charge on any atom is -0.508 e. The highest BCUT2D eigenvalue weighted by atomic mass is 16.3. The van der Waals surface area contributed by atoms with Gasteiger partial charge in [0.25, 0.3) is 0 Å². The molecule has 3 N–H and O–H groups in total. The first-order valence-electron chi connectivity index (χ1n) is 7.39. The molecule has 110 valence electrons. The van der Waals surface area contributed by atoms with Gasteiger partial charge in [-0.1, -0.05) is 13.3 Å². The van der Waals surface area contributed by atoms with Gasteiger partial charge in [0.2, 0.25) is 5.91 Å². The summed E-state index contributed by atoms with van der Waals surface area (Å²) in [7, 11) is 0. The Morgan fingerprint density at radius 1 is 1.40 bits per heavy atom. The molecule has 4 nitrogen and oxygen atoms in total. The topological polar surface area (TPSA) is 61.4 Å². The summed E-state index contributed by atoms with van der Waals surface area (Å²) in [5.41, 5.74) is 1.44. The van der Waals surface area contributed by atoms with Crippen molar-refractivity contribution in [2.45, 2.75) is 39.5 Å². The number of benzene rings is 1. The van der Waals surface area contributed by atoms with E-state index in [1.165, 1.54) is 0 Å². The van der Waals surface area contributed by atoms with Crippen LogP contribution in [0.15, 0.2) is 18.2 Å². The predicted molar refractivity (Wildman–Crippen MR) is 80.9 cm³/mol. The van der Waals surface area contributed by atoms with E-state index in [0.29, 0.717) is 0 Å². The van der Waals surface area contributed by atoms with Gasteiger partial charge in [-0.05, 0) is 63.0 Å². The predicted octanol–water partition coefficient (Wildman–Crippen LogP) is 2.81. The molecule has 1 aromatic rings. The molecule has 1 fully saturated rings. The quantitative estimate of drug-likeness (QED) is 0.741. The fourth-order valence-corrected chi connectivity index (χ4v) is 3.02. The Kier molecular flexibility index (Phi) is 4.65. The monoisotopic (exact) mass is 276 g/mol. The third-order valence-corrected chi connectivity index (χ3v) is 4.23. The number of aryl methyl sites for hydroxylation is 1. The SMILES string of the molecule is CCCC1(C(=O)Nc2ccc(O)cc2C)CCNCC1. The van der Waals surface area contributed by atoms with Crippen molar-refractivity contribution in [1.29, 1.82) is 0 Å². The standard InChI is InChI=1S/C16H24N2O2/c1-3-6-16(7-9-17-10-8-16)15(20)18-14-5-4-13(19)11-12(14)2/h4-5,11,17,19H,3,6-10H2,1-2H3,(H,18,20). The first-order chi connectivity index (χ1) is 9.57. The summed E-state index contributed by atoms with van der Waals surface area (Å²) < 4.78 is 0. The molecule has 0 radical (unpaired) electrons. The highest BCUT2D eigenvalue weighted by Gasteiger charge is 2.38. The minimum atomic E-state index is -0.246. The molecule has 0 aromatic heterocycles. The van der Waals surface area contributed by atoms with Crippen molar-refractivity contribution >= 4 is 11.6 Å². The summed E-state index contributed by atoms with van der Waals surface area (Å²) in [4.78, 5) is 12.7. The van der Waals surface area contributed by atoms with E-state index in [0.717, 1.165) is 50.0 Å². The number of hydrogen-bond acceptors (Lipinski definition) is 3. The number of carbonyl (C=O) groups excluding carboxylic acids is 1. The van der Waals surface area contributed by atoms with Crippen molar-refractivity contribution in [1.82, 2.24) is 5.32 Å². The van der Waals surface area contributed by atoms with Crippen molar-refractivity contribution in [3.8, 4) is 5.75 Å². The zero-order chi connectivity index (χ0) is 14.6. The van der Waals surface area contributed by atoms with Gasteiger partial charge in [-0.3, -0.25) is 4.79 Å². The van der Waals surface area contributed by atoms with Crippen molar-refractivity contribution in [2.75, 3.05) is 18.4 Å². The largest absolute Gasteiger partial charge is 0.508 e. The minimum absolute atomic E-state index is 0.120. The fraction of sp³-hybridized carbons (Fsp3) is 0.562. The maximum atomic E-state index is 12.7. The molecule has 1 aliphatic rings. The van der Waals surface area contributed by atoms with Crippen LogP contribution in [0.25, 0.3) is 0 Å². The molecule has 0 spiro atoms. The molecule has 1 amide bonds. The molecule has 0 unspecified atom stereocenters. The number of amides is 1. The number of aromatic hydroxyl groups is 1. The normalized spacial score (nSPS) is 17.7. The summed E-state index contributed by atoms with van der Waals surface area (Å²) in [5.74, 6) is 0.347. The highest BCUT2D eigenvalue weighted by molar-refractivity contribution is 5.96. The van der Waals surface area contributed by atoms with Crippen LogP contribution >= 0.6 is 0 Å². The van der Waals surface area contributed by atoms with Gasteiger partial charge in [0.05, 0.1) is 5.41 Å². The molecule has 4 heteroatoms. The molecule has 1 aromatic carbocycles. The van der Waals surface area contributed by atoms with Crippen LogP contribution in [0.3, 0.4) is 0 Å². The molecule has 1 aliphatic heterocycles. The zero-order valence-electron chi connectivity index (χ0n) is 12.3. The van der Waals surface area contributed by atoms with Crippen LogP contribution in [0, 0.1) is 12.3 Å². The number of anilines is 1.